The lowest BCUT2D eigenvalue weighted by Gasteiger charge is -2.09. The molecule has 15 heavy (non-hydrogen) atoms. The number of phenols is 1. The van der Waals surface area contributed by atoms with Gasteiger partial charge in [0.1, 0.15) is 4.90 Å². The summed E-state index contributed by atoms with van der Waals surface area (Å²) in [5.41, 5.74) is 5.35. The largest absolute Gasteiger partial charge is 0.504 e. The van der Waals surface area contributed by atoms with E-state index in [1.165, 1.54) is 12.1 Å². The molecule has 5 nitrogen and oxygen atoms in total. The molecule has 84 valence electrons. The van der Waals surface area contributed by atoms with E-state index in [1.807, 2.05) is 0 Å². The van der Waals surface area contributed by atoms with Crippen molar-refractivity contribution in [3.8, 4) is 5.75 Å². The van der Waals surface area contributed by atoms with Gasteiger partial charge in [0.2, 0.25) is 10.0 Å². The summed E-state index contributed by atoms with van der Waals surface area (Å²) in [6.07, 6.45) is 0. The van der Waals surface area contributed by atoms with E-state index in [2.05, 4.69) is 4.72 Å². The third-order valence-electron chi connectivity index (χ3n) is 1.72. The zero-order valence-electron chi connectivity index (χ0n) is 7.99. The van der Waals surface area contributed by atoms with Crippen LogP contribution >= 0.6 is 11.6 Å². The first kappa shape index (κ1) is 12.1. The maximum Gasteiger partial charge on any atom is 0.245 e. The van der Waals surface area contributed by atoms with E-state index in [-0.39, 0.29) is 22.2 Å². The van der Waals surface area contributed by atoms with Crippen molar-refractivity contribution in [3.05, 3.63) is 17.2 Å². The van der Waals surface area contributed by atoms with Crippen LogP contribution in [-0.4, -0.2) is 20.1 Å². The molecular formula is C8H11ClN2O3S. The Hall–Kier alpha value is -0.980. The Morgan fingerprint density at radius 1 is 1.53 bits per heavy atom. The second-order valence-corrected chi connectivity index (χ2v) is 4.93. The summed E-state index contributed by atoms with van der Waals surface area (Å²) < 4.78 is 25.4. The number of sulfonamides is 1. The van der Waals surface area contributed by atoms with E-state index in [0.717, 1.165) is 0 Å². The van der Waals surface area contributed by atoms with E-state index >= 15 is 0 Å². The molecular weight excluding hydrogens is 240 g/mol. The van der Waals surface area contributed by atoms with E-state index in [9.17, 15) is 13.5 Å². The summed E-state index contributed by atoms with van der Waals surface area (Å²) in [6, 6.07) is 2.66. The van der Waals surface area contributed by atoms with Crippen molar-refractivity contribution in [3.63, 3.8) is 0 Å². The number of benzene rings is 1. The maximum atomic E-state index is 11.6. The molecule has 0 aliphatic heterocycles. The average Bonchev–Trinajstić information content (AvgIpc) is 2.11. The highest BCUT2D eigenvalue weighted by Gasteiger charge is 2.22. The van der Waals surface area contributed by atoms with Crippen molar-refractivity contribution >= 4 is 27.3 Å². The second-order valence-electron chi connectivity index (χ2n) is 2.82. The Balaban J connectivity index is 3.43. The van der Waals surface area contributed by atoms with Crippen LogP contribution in [0.2, 0.25) is 5.02 Å². The Kier molecular flexibility index (Phi) is 3.43. The SMILES string of the molecule is CCNS(=O)(=O)c1c(Cl)ccc(N)c1O. The Morgan fingerprint density at radius 3 is 2.67 bits per heavy atom. The quantitative estimate of drug-likeness (QED) is 0.550. The number of nitrogen functional groups attached to an aromatic ring is 1. The molecule has 0 radical (unpaired) electrons. The highest BCUT2D eigenvalue weighted by atomic mass is 35.5. The zero-order valence-corrected chi connectivity index (χ0v) is 9.56. The predicted octanol–water partition coefficient (Wildman–Crippen LogP) is 0.926. The molecule has 0 fully saturated rings. The molecule has 7 heteroatoms. The maximum absolute atomic E-state index is 11.6. The Morgan fingerprint density at radius 2 is 2.13 bits per heavy atom. The molecule has 1 aromatic carbocycles. The van der Waals surface area contributed by atoms with Crippen LogP contribution < -0.4 is 10.5 Å². The van der Waals surface area contributed by atoms with Crippen LogP contribution in [-0.2, 0) is 10.0 Å². The fraction of sp³-hybridized carbons (Fsp3) is 0.250. The molecule has 0 aromatic heterocycles. The van der Waals surface area contributed by atoms with Gasteiger partial charge in [-0.15, -0.1) is 0 Å². The van der Waals surface area contributed by atoms with E-state index < -0.39 is 15.8 Å². The first-order valence-corrected chi connectivity index (χ1v) is 6.03. The van der Waals surface area contributed by atoms with Gasteiger partial charge in [0.25, 0.3) is 0 Å². The molecule has 0 bridgehead atoms. The number of anilines is 1. The molecule has 0 atom stereocenters. The monoisotopic (exact) mass is 250 g/mol. The lowest BCUT2D eigenvalue weighted by atomic mass is 10.3. The van der Waals surface area contributed by atoms with Crippen molar-refractivity contribution in [2.24, 2.45) is 0 Å². The minimum atomic E-state index is -3.81. The van der Waals surface area contributed by atoms with Crippen LogP contribution in [0.4, 0.5) is 5.69 Å². The second kappa shape index (κ2) is 4.26. The van der Waals surface area contributed by atoms with E-state index in [0.29, 0.717) is 0 Å². The highest BCUT2D eigenvalue weighted by molar-refractivity contribution is 7.89. The van der Waals surface area contributed by atoms with Gasteiger partial charge in [-0.05, 0) is 12.1 Å². The summed E-state index contributed by atoms with van der Waals surface area (Å²) in [4.78, 5) is -0.383. The fourth-order valence-corrected chi connectivity index (χ4v) is 2.76. The number of hydrogen-bond acceptors (Lipinski definition) is 4. The van der Waals surface area contributed by atoms with Crippen LogP contribution in [0.3, 0.4) is 0 Å². The molecule has 4 N–H and O–H groups in total. The number of phenolic OH excluding ortho intramolecular Hbond substituents is 1. The molecule has 1 rings (SSSR count). The topological polar surface area (TPSA) is 92.4 Å². The van der Waals surface area contributed by atoms with Crippen LogP contribution in [0.5, 0.6) is 5.75 Å². The van der Waals surface area contributed by atoms with Crippen LogP contribution in [0.15, 0.2) is 17.0 Å². The number of hydrogen-bond donors (Lipinski definition) is 3. The van der Waals surface area contributed by atoms with Gasteiger partial charge in [0.15, 0.2) is 5.75 Å². The number of aromatic hydroxyl groups is 1. The lowest BCUT2D eigenvalue weighted by molar-refractivity contribution is 0.461. The van der Waals surface area contributed by atoms with Gasteiger partial charge in [-0.2, -0.15) is 0 Å². The number of nitrogens with two attached hydrogens (primary N) is 1. The van der Waals surface area contributed by atoms with Gasteiger partial charge in [0, 0.05) is 6.54 Å². The molecule has 0 aliphatic carbocycles. The number of halogens is 1. The van der Waals surface area contributed by atoms with Gasteiger partial charge in [-0.3, -0.25) is 0 Å². The molecule has 0 amide bonds. The van der Waals surface area contributed by atoms with Crippen molar-refractivity contribution < 1.29 is 13.5 Å². The summed E-state index contributed by atoms with van der Waals surface area (Å²) in [6.45, 7) is 1.82. The third kappa shape index (κ3) is 2.34. The van der Waals surface area contributed by atoms with Crippen molar-refractivity contribution in [1.29, 1.82) is 0 Å². The molecule has 0 heterocycles. The van der Waals surface area contributed by atoms with E-state index in [1.54, 1.807) is 6.92 Å². The highest BCUT2D eigenvalue weighted by Crippen LogP contribution is 2.34. The van der Waals surface area contributed by atoms with Gasteiger partial charge < -0.3 is 10.8 Å². The van der Waals surface area contributed by atoms with E-state index in [4.69, 9.17) is 17.3 Å². The molecule has 0 saturated heterocycles. The van der Waals surface area contributed by atoms with Crippen LogP contribution in [0, 0.1) is 0 Å². The molecule has 0 aliphatic rings. The summed E-state index contributed by atoms with van der Waals surface area (Å²) in [7, 11) is -3.81. The minimum absolute atomic E-state index is 0.0316. The normalized spacial score (nSPS) is 11.6. The predicted molar refractivity (Wildman–Crippen MR) is 58.4 cm³/mol. The standard InChI is InChI=1S/C8H11ClN2O3S/c1-2-11-15(13,14)8-5(9)3-4-6(10)7(8)12/h3-4,11-12H,2,10H2,1H3. The fourth-order valence-electron chi connectivity index (χ4n) is 1.08. The van der Waals surface area contributed by atoms with Crippen molar-refractivity contribution in [2.75, 3.05) is 12.3 Å². The van der Waals surface area contributed by atoms with Crippen molar-refractivity contribution in [1.82, 2.24) is 4.72 Å². The van der Waals surface area contributed by atoms with Crippen molar-refractivity contribution in [2.45, 2.75) is 11.8 Å². The summed E-state index contributed by atoms with van der Waals surface area (Å²) in [5.74, 6) is -0.525. The third-order valence-corrected chi connectivity index (χ3v) is 3.76. The Labute approximate surface area is 92.9 Å². The zero-order chi connectivity index (χ0) is 11.6. The smallest absolute Gasteiger partial charge is 0.245 e. The first-order valence-electron chi connectivity index (χ1n) is 4.16. The lowest BCUT2D eigenvalue weighted by Crippen LogP contribution is -2.23. The van der Waals surface area contributed by atoms with Gasteiger partial charge in [0.05, 0.1) is 10.7 Å². The number of rotatable bonds is 3. The first-order chi connectivity index (χ1) is 6.90. The average molecular weight is 251 g/mol. The molecule has 0 unspecified atom stereocenters. The van der Waals surface area contributed by atoms with Gasteiger partial charge >= 0.3 is 0 Å². The van der Waals surface area contributed by atoms with Gasteiger partial charge in [-0.1, -0.05) is 18.5 Å². The number of nitrogens with one attached hydrogen (secondary N) is 1. The summed E-state index contributed by atoms with van der Waals surface area (Å²) >= 11 is 5.69. The molecule has 1 aromatic rings. The van der Waals surface area contributed by atoms with Crippen LogP contribution in [0.25, 0.3) is 0 Å². The minimum Gasteiger partial charge on any atom is -0.504 e. The molecule has 0 saturated carbocycles. The Bertz CT molecular complexity index is 473. The van der Waals surface area contributed by atoms with Gasteiger partial charge in [-0.25, -0.2) is 13.1 Å². The van der Waals surface area contributed by atoms with Crippen LogP contribution in [0.1, 0.15) is 6.92 Å². The molecule has 0 spiro atoms. The summed E-state index contributed by atoms with van der Waals surface area (Å²) in [5, 5.41) is 9.45.